The average molecular weight is 359 g/mol. The summed E-state index contributed by atoms with van der Waals surface area (Å²) in [5.74, 6) is 1.43. The van der Waals surface area contributed by atoms with Gasteiger partial charge in [0.1, 0.15) is 11.5 Å². The number of methoxy groups -OCH3 is 2. The van der Waals surface area contributed by atoms with Gasteiger partial charge in [0.15, 0.2) is 0 Å². The van der Waals surface area contributed by atoms with Crippen molar-refractivity contribution in [1.29, 1.82) is 0 Å². The first-order valence-corrected chi connectivity index (χ1v) is 8.00. The molecule has 1 aromatic carbocycles. The second kappa shape index (κ2) is 9.59. The van der Waals surface area contributed by atoms with E-state index in [2.05, 4.69) is 10.6 Å². The molecule has 1 unspecified atom stereocenters. The molecule has 2 amide bonds. The van der Waals surface area contributed by atoms with Crippen molar-refractivity contribution in [1.82, 2.24) is 10.6 Å². The van der Waals surface area contributed by atoms with Crippen molar-refractivity contribution in [3.8, 4) is 11.5 Å². The third-order valence-electron chi connectivity index (χ3n) is 4.28. The van der Waals surface area contributed by atoms with Crippen molar-refractivity contribution < 1.29 is 19.4 Å². The van der Waals surface area contributed by atoms with E-state index in [1.165, 1.54) is 0 Å². The van der Waals surface area contributed by atoms with Crippen molar-refractivity contribution in [2.24, 2.45) is 0 Å². The van der Waals surface area contributed by atoms with Gasteiger partial charge in [-0.15, -0.1) is 12.4 Å². The zero-order valence-corrected chi connectivity index (χ0v) is 15.2. The van der Waals surface area contributed by atoms with E-state index in [4.69, 9.17) is 9.47 Å². The van der Waals surface area contributed by atoms with Gasteiger partial charge in [0.2, 0.25) is 0 Å². The molecule has 24 heavy (non-hydrogen) atoms. The average Bonchev–Trinajstić information content (AvgIpc) is 2.56. The molecular weight excluding hydrogens is 332 g/mol. The topological polar surface area (TPSA) is 79.8 Å². The van der Waals surface area contributed by atoms with Crippen LogP contribution in [0.3, 0.4) is 0 Å². The fourth-order valence-corrected chi connectivity index (χ4v) is 2.90. The summed E-state index contributed by atoms with van der Waals surface area (Å²) in [6.07, 6.45) is 2.88. The van der Waals surface area contributed by atoms with Gasteiger partial charge in [0, 0.05) is 11.6 Å². The molecule has 7 heteroatoms. The first-order chi connectivity index (χ1) is 11.0. The molecule has 1 aliphatic carbocycles. The predicted molar refractivity (Wildman–Crippen MR) is 95.1 cm³/mol. The third kappa shape index (κ3) is 5.46. The zero-order valence-electron chi connectivity index (χ0n) is 14.4. The summed E-state index contributed by atoms with van der Waals surface area (Å²) in [7, 11) is 3.21. The number of carbonyl (C=O) groups excluding carboxylic acids is 1. The summed E-state index contributed by atoms with van der Waals surface area (Å²) in [4.78, 5) is 12.2. The number of carbonyl (C=O) groups is 1. The first-order valence-electron chi connectivity index (χ1n) is 8.00. The number of halogens is 1. The van der Waals surface area contributed by atoms with Gasteiger partial charge in [0.25, 0.3) is 0 Å². The van der Waals surface area contributed by atoms with Crippen LogP contribution in [-0.2, 0) is 0 Å². The van der Waals surface area contributed by atoms with Gasteiger partial charge in [-0.25, -0.2) is 4.79 Å². The predicted octanol–water partition coefficient (Wildman–Crippen LogP) is 2.79. The van der Waals surface area contributed by atoms with Crippen LogP contribution in [0, 0.1) is 0 Å². The van der Waals surface area contributed by atoms with Crippen LogP contribution in [0.1, 0.15) is 44.2 Å². The maximum absolute atomic E-state index is 12.2. The number of aliphatic hydroxyl groups is 1. The molecule has 0 aliphatic heterocycles. The Morgan fingerprint density at radius 1 is 1.21 bits per heavy atom. The van der Waals surface area contributed by atoms with E-state index in [0.717, 1.165) is 37.0 Å². The lowest BCUT2D eigenvalue weighted by molar-refractivity contribution is 0.117. The van der Waals surface area contributed by atoms with Gasteiger partial charge in [-0.3, -0.25) is 0 Å². The first kappa shape index (κ1) is 20.4. The van der Waals surface area contributed by atoms with E-state index in [-0.39, 0.29) is 36.6 Å². The summed E-state index contributed by atoms with van der Waals surface area (Å²) < 4.78 is 10.6. The van der Waals surface area contributed by atoms with E-state index in [1.54, 1.807) is 14.2 Å². The van der Waals surface area contributed by atoms with Crippen molar-refractivity contribution in [2.45, 2.75) is 50.8 Å². The highest BCUT2D eigenvalue weighted by atomic mass is 35.5. The maximum atomic E-state index is 12.2. The van der Waals surface area contributed by atoms with Gasteiger partial charge in [-0.1, -0.05) is 0 Å². The number of ether oxygens (including phenoxy) is 2. The van der Waals surface area contributed by atoms with Gasteiger partial charge in [-0.2, -0.15) is 0 Å². The third-order valence-corrected chi connectivity index (χ3v) is 4.28. The number of benzene rings is 1. The number of nitrogens with one attached hydrogen (secondary N) is 2. The molecule has 2 rings (SSSR count). The van der Waals surface area contributed by atoms with Gasteiger partial charge in [-0.05, 0) is 50.8 Å². The van der Waals surface area contributed by atoms with E-state index in [1.807, 2.05) is 25.1 Å². The fraction of sp³-hybridized carbons (Fsp3) is 0.588. The van der Waals surface area contributed by atoms with Crippen LogP contribution < -0.4 is 20.1 Å². The largest absolute Gasteiger partial charge is 0.497 e. The number of hydrogen-bond acceptors (Lipinski definition) is 4. The molecule has 136 valence electrons. The van der Waals surface area contributed by atoms with E-state index in [0.29, 0.717) is 5.75 Å². The molecule has 1 saturated carbocycles. The lowest BCUT2D eigenvalue weighted by atomic mass is 9.93. The minimum absolute atomic E-state index is 0. The minimum Gasteiger partial charge on any atom is -0.497 e. The van der Waals surface area contributed by atoms with Crippen molar-refractivity contribution in [3.05, 3.63) is 23.8 Å². The van der Waals surface area contributed by atoms with Crippen LogP contribution in [-0.4, -0.2) is 37.5 Å². The number of amides is 2. The Hall–Kier alpha value is -1.66. The fourth-order valence-electron chi connectivity index (χ4n) is 2.90. The van der Waals surface area contributed by atoms with E-state index in [9.17, 15) is 9.90 Å². The lowest BCUT2D eigenvalue weighted by Gasteiger charge is -2.27. The normalized spacial score (nSPS) is 21.2. The smallest absolute Gasteiger partial charge is 0.315 e. The highest BCUT2D eigenvalue weighted by Gasteiger charge is 2.22. The van der Waals surface area contributed by atoms with Crippen molar-refractivity contribution >= 4 is 18.4 Å². The molecule has 0 heterocycles. The molecule has 0 radical (unpaired) electrons. The van der Waals surface area contributed by atoms with E-state index < -0.39 is 0 Å². The molecule has 0 saturated heterocycles. The van der Waals surface area contributed by atoms with E-state index >= 15 is 0 Å². The Kier molecular flexibility index (Phi) is 8.15. The summed E-state index contributed by atoms with van der Waals surface area (Å²) in [6.45, 7) is 1.90. The molecule has 3 N–H and O–H groups in total. The van der Waals surface area contributed by atoms with Gasteiger partial charge < -0.3 is 25.2 Å². The molecule has 1 fully saturated rings. The molecule has 1 aliphatic rings. The van der Waals surface area contributed by atoms with Crippen LogP contribution in [0.25, 0.3) is 0 Å². The Labute approximate surface area is 149 Å². The SMILES string of the molecule is COc1ccc(OC)c(C(C)NC(=O)NC2CCC(O)CC2)c1.Cl. The summed E-state index contributed by atoms with van der Waals surface area (Å²) >= 11 is 0. The maximum Gasteiger partial charge on any atom is 0.315 e. The molecule has 0 spiro atoms. The minimum atomic E-state index is -0.226. The van der Waals surface area contributed by atoms with Gasteiger partial charge >= 0.3 is 6.03 Å². The molecule has 0 aromatic heterocycles. The quantitative estimate of drug-likeness (QED) is 0.756. The highest BCUT2D eigenvalue weighted by Crippen LogP contribution is 2.29. The number of aliphatic hydroxyl groups excluding tert-OH is 1. The van der Waals surface area contributed by atoms with Crippen LogP contribution >= 0.6 is 12.4 Å². The van der Waals surface area contributed by atoms with Crippen LogP contribution in [0.15, 0.2) is 18.2 Å². The summed E-state index contributed by atoms with van der Waals surface area (Å²) in [6, 6.07) is 5.21. The lowest BCUT2D eigenvalue weighted by Crippen LogP contribution is -2.44. The molecular formula is C17H27ClN2O4. The number of rotatable bonds is 5. The molecule has 1 atom stereocenters. The van der Waals surface area contributed by atoms with Crippen LogP contribution in [0.5, 0.6) is 11.5 Å². The molecule has 1 aromatic rings. The van der Waals surface area contributed by atoms with Crippen molar-refractivity contribution in [2.75, 3.05) is 14.2 Å². The van der Waals surface area contributed by atoms with Crippen LogP contribution in [0.4, 0.5) is 4.79 Å². The summed E-state index contributed by atoms with van der Waals surface area (Å²) in [5, 5.41) is 15.4. The van der Waals surface area contributed by atoms with Crippen LogP contribution in [0.2, 0.25) is 0 Å². The standard InChI is InChI=1S/C17H26N2O4.ClH/c1-11(15-10-14(22-2)8-9-16(15)23-3)18-17(21)19-12-4-6-13(20)7-5-12;/h8-13,20H,4-7H2,1-3H3,(H2,18,19,21);1H. The summed E-state index contributed by atoms with van der Waals surface area (Å²) in [5.41, 5.74) is 0.862. The molecule has 0 bridgehead atoms. The Bertz CT molecular complexity index is 533. The second-order valence-corrected chi connectivity index (χ2v) is 5.95. The number of hydrogen-bond donors (Lipinski definition) is 3. The molecule has 6 nitrogen and oxygen atoms in total. The Morgan fingerprint density at radius 3 is 2.46 bits per heavy atom. The zero-order chi connectivity index (χ0) is 16.8. The monoisotopic (exact) mass is 358 g/mol. The highest BCUT2D eigenvalue weighted by molar-refractivity contribution is 5.85. The Balaban J connectivity index is 0.00000288. The van der Waals surface area contributed by atoms with Crippen molar-refractivity contribution in [3.63, 3.8) is 0 Å². The van der Waals surface area contributed by atoms with Gasteiger partial charge in [0.05, 0.1) is 26.4 Å². The Morgan fingerprint density at radius 2 is 1.88 bits per heavy atom. The number of urea groups is 1. The second-order valence-electron chi connectivity index (χ2n) is 5.95.